The highest BCUT2D eigenvalue weighted by atomic mass is 32.2. The molecule has 0 bridgehead atoms. The summed E-state index contributed by atoms with van der Waals surface area (Å²) >= 11 is 1.24. The van der Waals surface area contributed by atoms with Crippen LogP contribution >= 0.6 is 11.3 Å². The number of anilines is 2. The van der Waals surface area contributed by atoms with Gasteiger partial charge in [-0.25, -0.2) is 21.8 Å². The van der Waals surface area contributed by atoms with Crippen LogP contribution in [0.2, 0.25) is 0 Å². The van der Waals surface area contributed by atoms with E-state index in [-0.39, 0.29) is 28.4 Å². The predicted octanol–water partition coefficient (Wildman–Crippen LogP) is 7.74. The van der Waals surface area contributed by atoms with Crippen LogP contribution in [0.4, 0.5) is 10.8 Å². The van der Waals surface area contributed by atoms with Crippen LogP contribution in [0.5, 0.6) is 0 Å². The largest absolute Gasteiger partial charge is 0.322 e. The van der Waals surface area contributed by atoms with Crippen LogP contribution in [0.25, 0.3) is 11.3 Å². The molecule has 282 valence electrons. The zero-order valence-corrected chi connectivity index (χ0v) is 32.6. The lowest BCUT2D eigenvalue weighted by atomic mass is 10.1. The molecular formula is C41H39N5O6S3. The van der Waals surface area contributed by atoms with Crippen molar-refractivity contribution in [3.05, 3.63) is 161 Å². The maximum Gasteiger partial charge on any atom is 0.257 e. The van der Waals surface area contributed by atoms with Crippen molar-refractivity contribution in [3.63, 3.8) is 0 Å². The molecule has 0 aliphatic carbocycles. The number of sulfonamides is 2. The monoisotopic (exact) mass is 793 g/mol. The first-order valence-electron chi connectivity index (χ1n) is 17.4. The fraction of sp³-hybridized carbons (Fsp3) is 0.146. The number of carbonyl (C=O) groups is 2. The third-order valence-corrected chi connectivity index (χ3v) is 13.4. The number of amides is 2. The van der Waals surface area contributed by atoms with Gasteiger partial charge in [0, 0.05) is 53.9 Å². The summed E-state index contributed by atoms with van der Waals surface area (Å²) in [6.45, 7) is 4.64. The van der Waals surface area contributed by atoms with Crippen molar-refractivity contribution in [2.24, 2.45) is 0 Å². The van der Waals surface area contributed by atoms with E-state index >= 15 is 0 Å². The lowest BCUT2D eigenvalue weighted by Crippen LogP contribution is -2.30. The lowest BCUT2D eigenvalue weighted by molar-refractivity contribution is 0.101. The number of thiazole rings is 1. The van der Waals surface area contributed by atoms with E-state index in [1.54, 1.807) is 43.5 Å². The molecule has 6 rings (SSSR count). The van der Waals surface area contributed by atoms with E-state index in [0.717, 1.165) is 16.7 Å². The summed E-state index contributed by atoms with van der Waals surface area (Å²) in [5.74, 6) is -0.826. The van der Waals surface area contributed by atoms with Gasteiger partial charge >= 0.3 is 0 Å². The van der Waals surface area contributed by atoms with Crippen molar-refractivity contribution in [2.45, 2.75) is 36.7 Å². The molecule has 0 aliphatic rings. The molecule has 1 aromatic heterocycles. The van der Waals surface area contributed by atoms with Crippen molar-refractivity contribution in [2.75, 3.05) is 23.7 Å². The first-order chi connectivity index (χ1) is 26.5. The minimum Gasteiger partial charge on any atom is -0.322 e. The number of hydrogen-bond acceptors (Lipinski definition) is 8. The molecule has 0 unspecified atom stereocenters. The number of nitrogens with zero attached hydrogens (tertiary/aromatic N) is 3. The molecule has 0 aliphatic heterocycles. The van der Waals surface area contributed by atoms with Gasteiger partial charge < -0.3 is 5.32 Å². The summed E-state index contributed by atoms with van der Waals surface area (Å²) in [5.41, 5.74) is 4.24. The number of carbonyl (C=O) groups excluding carboxylic acids is 2. The maximum absolute atomic E-state index is 13.3. The molecule has 14 heteroatoms. The average Bonchev–Trinajstić information content (AvgIpc) is 3.68. The van der Waals surface area contributed by atoms with Gasteiger partial charge in [-0.3, -0.25) is 14.9 Å². The van der Waals surface area contributed by atoms with E-state index in [9.17, 15) is 26.4 Å². The Balaban J connectivity index is 1.04. The van der Waals surface area contributed by atoms with Gasteiger partial charge in [0.1, 0.15) is 0 Å². The summed E-state index contributed by atoms with van der Waals surface area (Å²) in [6, 6.07) is 37.4. The second-order valence-corrected chi connectivity index (χ2v) is 17.1. The first-order valence-corrected chi connectivity index (χ1v) is 21.2. The molecule has 0 fully saturated rings. The average molecular weight is 794 g/mol. The smallest absolute Gasteiger partial charge is 0.257 e. The Morgan fingerprint density at radius 2 is 1.02 bits per heavy atom. The zero-order chi connectivity index (χ0) is 39.0. The molecule has 6 aromatic rings. The van der Waals surface area contributed by atoms with Gasteiger partial charge in [0.15, 0.2) is 5.13 Å². The summed E-state index contributed by atoms with van der Waals surface area (Å²) < 4.78 is 56.0. The van der Waals surface area contributed by atoms with Gasteiger partial charge in [-0.05, 0) is 71.8 Å². The van der Waals surface area contributed by atoms with Gasteiger partial charge in [0.25, 0.3) is 11.8 Å². The highest BCUT2D eigenvalue weighted by Crippen LogP contribution is 2.27. The predicted molar refractivity (Wildman–Crippen MR) is 216 cm³/mol. The van der Waals surface area contributed by atoms with Gasteiger partial charge in [-0.2, -0.15) is 8.61 Å². The minimum absolute atomic E-state index is 0.0972. The first kappa shape index (κ1) is 39.2. The number of benzene rings is 5. The Labute approximate surface area is 325 Å². The van der Waals surface area contributed by atoms with Crippen molar-refractivity contribution in [1.29, 1.82) is 0 Å². The van der Waals surface area contributed by atoms with Gasteiger partial charge in [-0.15, -0.1) is 11.3 Å². The van der Waals surface area contributed by atoms with Crippen molar-refractivity contribution in [1.82, 2.24) is 13.6 Å². The highest BCUT2D eigenvalue weighted by molar-refractivity contribution is 7.89. The van der Waals surface area contributed by atoms with Crippen LogP contribution in [-0.4, -0.2) is 55.3 Å². The van der Waals surface area contributed by atoms with Crippen molar-refractivity contribution in [3.8, 4) is 11.3 Å². The lowest BCUT2D eigenvalue weighted by Gasteiger charge is -2.20. The summed E-state index contributed by atoms with van der Waals surface area (Å²) in [5, 5.41) is 7.76. The molecule has 0 radical (unpaired) electrons. The van der Waals surface area contributed by atoms with Crippen molar-refractivity contribution >= 4 is 54.0 Å². The van der Waals surface area contributed by atoms with Gasteiger partial charge in [0.2, 0.25) is 20.0 Å². The highest BCUT2D eigenvalue weighted by Gasteiger charge is 2.25. The van der Waals surface area contributed by atoms with E-state index in [2.05, 4.69) is 15.6 Å². The normalized spacial score (nSPS) is 11.8. The van der Waals surface area contributed by atoms with Crippen LogP contribution in [0.15, 0.2) is 149 Å². The molecule has 2 amide bonds. The van der Waals surface area contributed by atoms with Crippen LogP contribution < -0.4 is 10.6 Å². The van der Waals surface area contributed by atoms with Crippen molar-refractivity contribution < 1.29 is 26.4 Å². The Kier molecular flexibility index (Phi) is 12.3. The zero-order valence-electron chi connectivity index (χ0n) is 30.1. The standard InChI is InChI=1S/C41H39N5O6S3/c1-3-45(27-30-11-7-5-8-12-30)54(49,50)36-23-17-33(18-24-36)39(47)42-35-21-15-32(16-22-35)38-29-53-41(43-38)44-40(48)34-19-25-37(26-20-34)55(51,52)46(4-2)28-31-13-9-6-10-14-31/h5-26,29H,3-4,27-28H2,1-2H3,(H,42,47)(H,43,44,48). The fourth-order valence-corrected chi connectivity index (χ4v) is 9.31. The number of aromatic nitrogens is 1. The Bertz CT molecular complexity index is 2460. The summed E-state index contributed by atoms with van der Waals surface area (Å²) in [7, 11) is -7.54. The van der Waals surface area contributed by atoms with Crippen LogP contribution in [0, 0.1) is 0 Å². The van der Waals surface area contributed by atoms with Gasteiger partial charge in [-0.1, -0.05) is 86.6 Å². The molecule has 1 heterocycles. The van der Waals surface area contributed by atoms with E-state index in [4.69, 9.17) is 0 Å². The van der Waals surface area contributed by atoms with Crippen LogP contribution in [0.1, 0.15) is 45.7 Å². The minimum atomic E-state index is -3.77. The molecule has 0 saturated heterocycles. The summed E-state index contributed by atoms with van der Waals surface area (Å²) in [6.07, 6.45) is 0. The molecule has 0 atom stereocenters. The molecule has 0 saturated carbocycles. The van der Waals surface area contributed by atoms with E-state index in [1.165, 1.54) is 68.5 Å². The fourth-order valence-electron chi connectivity index (χ4n) is 5.72. The van der Waals surface area contributed by atoms with Crippen LogP contribution in [-0.2, 0) is 33.1 Å². The number of rotatable bonds is 15. The van der Waals surface area contributed by atoms with Gasteiger partial charge in [0.05, 0.1) is 15.5 Å². The summed E-state index contributed by atoms with van der Waals surface area (Å²) in [4.78, 5) is 30.8. The molecule has 55 heavy (non-hydrogen) atoms. The molecule has 11 nitrogen and oxygen atoms in total. The number of hydrogen-bond donors (Lipinski definition) is 2. The van der Waals surface area contributed by atoms with E-state index in [0.29, 0.717) is 35.2 Å². The Hall–Kier alpha value is -5.51. The Morgan fingerprint density at radius 3 is 1.45 bits per heavy atom. The number of nitrogens with one attached hydrogen (secondary N) is 2. The molecule has 5 aromatic carbocycles. The molecular weight excluding hydrogens is 755 g/mol. The van der Waals surface area contributed by atoms with Crippen LogP contribution in [0.3, 0.4) is 0 Å². The van der Waals surface area contributed by atoms with E-state index < -0.39 is 31.9 Å². The molecule has 0 spiro atoms. The molecule has 2 N–H and O–H groups in total. The quantitative estimate of drug-likeness (QED) is 0.108. The maximum atomic E-state index is 13.3. The second kappa shape index (κ2) is 17.3. The Morgan fingerprint density at radius 1 is 0.582 bits per heavy atom. The topological polar surface area (TPSA) is 146 Å². The third-order valence-electron chi connectivity index (χ3n) is 8.78. The second-order valence-electron chi connectivity index (χ2n) is 12.4. The van der Waals surface area contributed by atoms with E-state index in [1.807, 2.05) is 60.7 Å². The SMILES string of the molecule is CCN(Cc1ccccc1)S(=O)(=O)c1ccc(C(=O)Nc2ccc(-c3csc(NC(=O)c4ccc(S(=O)(=O)N(CC)Cc5ccccc5)cc4)n3)cc2)cc1. The third kappa shape index (κ3) is 9.42.